The van der Waals surface area contributed by atoms with Crippen LogP contribution in [0.25, 0.3) is 0 Å². The molecule has 0 aliphatic rings. The van der Waals surface area contributed by atoms with Crippen molar-refractivity contribution >= 4 is 21.9 Å². The van der Waals surface area contributed by atoms with E-state index in [0.717, 1.165) is 4.47 Å². The number of rotatable bonds is 3. The lowest BCUT2D eigenvalue weighted by Crippen LogP contribution is -2.04. The van der Waals surface area contributed by atoms with Crippen molar-refractivity contribution in [1.82, 2.24) is 9.97 Å². The van der Waals surface area contributed by atoms with Crippen molar-refractivity contribution in [2.24, 2.45) is 0 Å². The summed E-state index contributed by atoms with van der Waals surface area (Å²) in [5.41, 5.74) is 0.325. The van der Waals surface area contributed by atoms with Gasteiger partial charge in [-0.25, -0.2) is 14.8 Å². The van der Waals surface area contributed by atoms with E-state index in [1.807, 2.05) is 0 Å². The number of carbonyl (C=O) groups excluding carboxylic acids is 1. The third kappa shape index (κ3) is 2.84. The Labute approximate surface area is 112 Å². The maximum Gasteiger partial charge on any atom is 0.341 e. The molecule has 0 atom stereocenters. The molecule has 92 valence electrons. The standard InChI is InChI=1S/C12H9BrN2O3/c1-17-11(16)9-4-2-3-5-10(9)18-12-14-6-8(13)7-15-12/h2-7H,1H3. The van der Waals surface area contributed by atoms with Crippen LogP contribution >= 0.6 is 15.9 Å². The molecule has 2 aromatic rings. The highest BCUT2D eigenvalue weighted by Gasteiger charge is 2.13. The highest BCUT2D eigenvalue weighted by atomic mass is 79.9. The first-order chi connectivity index (χ1) is 8.70. The molecule has 0 unspecified atom stereocenters. The van der Waals surface area contributed by atoms with Crippen molar-refractivity contribution in [2.75, 3.05) is 7.11 Å². The maximum absolute atomic E-state index is 11.5. The molecule has 0 spiro atoms. The van der Waals surface area contributed by atoms with E-state index in [0.29, 0.717) is 11.3 Å². The number of benzene rings is 1. The summed E-state index contributed by atoms with van der Waals surface area (Å²) in [6, 6.07) is 6.90. The summed E-state index contributed by atoms with van der Waals surface area (Å²) in [5, 5.41) is 0. The van der Waals surface area contributed by atoms with E-state index >= 15 is 0 Å². The monoisotopic (exact) mass is 308 g/mol. The van der Waals surface area contributed by atoms with Gasteiger partial charge in [0.05, 0.1) is 11.6 Å². The molecule has 6 heteroatoms. The van der Waals surface area contributed by atoms with Gasteiger partial charge in [-0.1, -0.05) is 12.1 Å². The van der Waals surface area contributed by atoms with Crippen LogP contribution in [-0.2, 0) is 4.74 Å². The van der Waals surface area contributed by atoms with Crippen LogP contribution in [0.2, 0.25) is 0 Å². The predicted octanol–water partition coefficient (Wildman–Crippen LogP) is 2.82. The summed E-state index contributed by atoms with van der Waals surface area (Å²) < 4.78 is 10.9. The number of esters is 1. The number of methoxy groups -OCH3 is 1. The van der Waals surface area contributed by atoms with Gasteiger partial charge in [0.2, 0.25) is 0 Å². The smallest absolute Gasteiger partial charge is 0.341 e. The molecule has 1 heterocycles. The normalized spacial score (nSPS) is 9.89. The molecule has 0 bridgehead atoms. The number of nitrogens with zero attached hydrogens (tertiary/aromatic N) is 2. The summed E-state index contributed by atoms with van der Waals surface area (Å²) in [4.78, 5) is 19.5. The zero-order valence-electron chi connectivity index (χ0n) is 9.46. The molecule has 18 heavy (non-hydrogen) atoms. The van der Waals surface area contributed by atoms with Crippen LogP contribution in [0.15, 0.2) is 41.1 Å². The minimum absolute atomic E-state index is 0.162. The molecule has 1 aromatic carbocycles. The van der Waals surface area contributed by atoms with E-state index < -0.39 is 5.97 Å². The molecule has 0 saturated carbocycles. The average Bonchev–Trinajstić information content (AvgIpc) is 2.41. The third-order valence-electron chi connectivity index (χ3n) is 2.09. The number of hydrogen-bond acceptors (Lipinski definition) is 5. The number of para-hydroxylation sites is 1. The first kappa shape index (κ1) is 12.5. The molecule has 2 rings (SSSR count). The molecule has 0 radical (unpaired) electrons. The SMILES string of the molecule is COC(=O)c1ccccc1Oc1ncc(Br)cn1. The number of halogens is 1. The fourth-order valence-electron chi connectivity index (χ4n) is 1.29. The zero-order valence-corrected chi connectivity index (χ0v) is 11.0. The number of carbonyl (C=O) groups is 1. The minimum atomic E-state index is -0.470. The Hall–Kier alpha value is -1.95. The molecular formula is C12H9BrN2O3. The Morgan fingerprint density at radius 2 is 1.89 bits per heavy atom. The van der Waals surface area contributed by atoms with Crippen molar-refractivity contribution in [3.63, 3.8) is 0 Å². The average molecular weight is 309 g/mol. The van der Waals surface area contributed by atoms with Crippen LogP contribution in [0.3, 0.4) is 0 Å². The van der Waals surface area contributed by atoms with E-state index in [2.05, 4.69) is 30.6 Å². The van der Waals surface area contributed by atoms with Crippen LogP contribution in [0.4, 0.5) is 0 Å². The van der Waals surface area contributed by atoms with Gasteiger partial charge in [0.15, 0.2) is 0 Å². The fourth-order valence-corrected chi connectivity index (χ4v) is 1.49. The molecular weight excluding hydrogens is 300 g/mol. The summed E-state index contributed by atoms with van der Waals surface area (Å²) in [6.45, 7) is 0. The van der Waals surface area contributed by atoms with Gasteiger partial charge < -0.3 is 9.47 Å². The van der Waals surface area contributed by atoms with Crippen molar-refractivity contribution in [2.45, 2.75) is 0 Å². The highest BCUT2D eigenvalue weighted by molar-refractivity contribution is 9.10. The Morgan fingerprint density at radius 3 is 2.56 bits per heavy atom. The molecule has 5 nitrogen and oxygen atoms in total. The Morgan fingerprint density at radius 1 is 1.22 bits per heavy atom. The second kappa shape index (κ2) is 5.59. The second-order valence-electron chi connectivity index (χ2n) is 3.27. The quantitative estimate of drug-likeness (QED) is 0.816. The summed E-state index contributed by atoms with van der Waals surface area (Å²) in [6.07, 6.45) is 3.12. The maximum atomic E-state index is 11.5. The Balaban J connectivity index is 2.28. The topological polar surface area (TPSA) is 61.3 Å². The first-order valence-corrected chi connectivity index (χ1v) is 5.83. The molecule has 0 aliphatic carbocycles. The van der Waals surface area contributed by atoms with Gasteiger partial charge in [-0.2, -0.15) is 0 Å². The van der Waals surface area contributed by atoms with Crippen LogP contribution in [0.5, 0.6) is 11.8 Å². The third-order valence-corrected chi connectivity index (χ3v) is 2.50. The summed E-state index contributed by atoms with van der Waals surface area (Å²) >= 11 is 3.23. The van der Waals surface area contributed by atoms with Crippen molar-refractivity contribution in [3.8, 4) is 11.8 Å². The number of aromatic nitrogens is 2. The van der Waals surface area contributed by atoms with Crippen LogP contribution in [0, 0.1) is 0 Å². The van der Waals surface area contributed by atoms with Crippen LogP contribution in [0.1, 0.15) is 10.4 Å². The van der Waals surface area contributed by atoms with E-state index in [1.54, 1.807) is 36.7 Å². The number of hydrogen-bond donors (Lipinski definition) is 0. The van der Waals surface area contributed by atoms with Crippen LogP contribution < -0.4 is 4.74 Å². The fraction of sp³-hybridized carbons (Fsp3) is 0.0833. The van der Waals surface area contributed by atoms with Gasteiger partial charge >= 0.3 is 12.0 Å². The molecule has 0 amide bonds. The second-order valence-corrected chi connectivity index (χ2v) is 4.19. The lowest BCUT2D eigenvalue weighted by molar-refractivity contribution is 0.0598. The first-order valence-electron chi connectivity index (χ1n) is 5.03. The van der Waals surface area contributed by atoms with Crippen molar-refractivity contribution in [1.29, 1.82) is 0 Å². The number of ether oxygens (including phenoxy) is 2. The van der Waals surface area contributed by atoms with E-state index in [1.165, 1.54) is 7.11 Å². The van der Waals surface area contributed by atoms with Gasteiger partial charge in [-0.05, 0) is 28.1 Å². The largest absolute Gasteiger partial charge is 0.465 e. The van der Waals surface area contributed by atoms with Gasteiger partial charge in [-0.3, -0.25) is 0 Å². The van der Waals surface area contributed by atoms with Gasteiger partial charge in [-0.15, -0.1) is 0 Å². The lowest BCUT2D eigenvalue weighted by Gasteiger charge is -2.07. The highest BCUT2D eigenvalue weighted by Crippen LogP contribution is 2.23. The summed E-state index contributed by atoms with van der Waals surface area (Å²) in [5.74, 6) is -0.116. The predicted molar refractivity (Wildman–Crippen MR) is 67.6 cm³/mol. The van der Waals surface area contributed by atoms with E-state index in [9.17, 15) is 4.79 Å². The van der Waals surface area contributed by atoms with Crippen molar-refractivity contribution < 1.29 is 14.3 Å². The minimum Gasteiger partial charge on any atom is -0.465 e. The summed E-state index contributed by atoms with van der Waals surface area (Å²) in [7, 11) is 1.31. The molecule has 0 aliphatic heterocycles. The Bertz CT molecular complexity index is 558. The molecule has 1 aromatic heterocycles. The zero-order chi connectivity index (χ0) is 13.0. The van der Waals surface area contributed by atoms with Gasteiger partial charge in [0, 0.05) is 12.4 Å². The van der Waals surface area contributed by atoms with Crippen LogP contribution in [-0.4, -0.2) is 23.0 Å². The molecule has 0 N–H and O–H groups in total. The molecule has 0 saturated heterocycles. The van der Waals surface area contributed by atoms with E-state index in [4.69, 9.17) is 4.74 Å². The molecule has 0 fully saturated rings. The lowest BCUT2D eigenvalue weighted by atomic mass is 10.2. The van der Waals surface area contributed by atoms with Gasteiger partial charge in [0.1, 0.15) is 11.3 Å². The van der Waals surface area contributed by atoms with Gasteiger partial charge in [0.25, 0.3) is 0 Å². The van der Waals surface area contributed by atoms with E-state index in [-0.39, 0.29) is 6.01 Å². The van der Waals surface area contributed by atoms with Crippen molar-refractivity contribution in [3.05, 3.63) is 46.7 Å². The Kier molecular flexibility index (Phi) is 3.88.